The summed E-state index contributed by atoms with van der Waals surface area (Å²) >= 11 is 0. The van der Waals surface area contributed by atoms with Gasteiger partial charge >= 0.3 is 6.09 Å². The van der Waals surface area contributed by atoms with E-state index in [0.717, 1.165) is 12.8 Å². The minimum absolute atomic E-state index is 0.176. The van der Waals surface area contributed by atoms with Crippen LogP contribution >= 0.6 is 0 Å². The number of nitrogens with zero attached hydrogens (tertiary/aromatic N) is 1. The normalized spacial score (nSPS) is 18.8. The third kappa shape index (κ3) is 4.80. The van der Waals surface area contributed by atoms with E-state index in [9.17, 15) is 9.59 Å². The Labute approximate surface area is 169 Å². The number of likely N-dealkylation sites (tertiary alicyclic amines) is 1. The van der Waals surface area contributed by atoms with E-state index in [4.69, 9.17) is 14.2 Å². The molecule has 0 aliphatic carbocycles. The molecular formula is C22H24N2O5. The van der Waals surface area contributed by atoms with Gasteiger partial charge in [-0.2, -0.15) is 0 Å². The number of hydrogen-bond acceptors (Lipinski definition) is 5. The van der Waals surface area contributed by atoms with E-state index < -0.39 is 6.10 Å². The van der Waals surface area contributed by atoms with E-state index in [-0.39, 0.29) is 18.6 Å². The molecule has 2 aromatic carbocycles. The van der Waals surface area contributed by atoms with E-state index in [1.807, 2.05) is 36.4 Å². The maximum Gasteiger partial charge on any atom is 0.415 e. The van der Waals surface area contributed by atoms with Crippen LogP contribution in [0.4, 0.5) is 4.79 Å². The molecule has 1 saturated heterocycles. The van der Waals surface area contributed by atoms with Crippen molar-refractivity contribution in [1.29, 1.82) is 0 Å². The Morgan fingerprint density at radius 2 is 1.69 bits per heavy atom. The van der Waals surface area contributed by atoms with E-state index in [1.165, 1.54) is 0 Å². The topological polar surface area (TPSA) is 77.1 Å². The summed E-state index contributed by atoms with van der Waals surface area (Å²) in [7, 11) is 0. The molecule has 4 rings (SSSR count). The predicted molar refractivity (Wildman–Crippen MR) is 106 cm³/mol. The molecule has 2 aliphatic rings. The first-order chi connectivity index (χ1) is 14.2. The lowest BCUT2D eigenvalue weighted by atomic mass is 9.97. The van der Waals surface area contributed by atoms with E-state index >= 15 is 0 Å². The van der Waals surface area contributed by atoms with Gasteiger partial charge in [0, 0.05) is 19.6 Å². The molecule has 0 radical (unpaired) electrons. The van der Waals surface area contributed by atoms with Crippen LogP contribution in [-0.4, -0.2) is 49.2 Å². The number of para-hydroxylation sites is 3. The number of rotatable bonds is 4. The average molecular weight is 396 g/mol. The van der Waals surface area contributed by atoms with Crippen molar-refractivity contribution in [3.63, 3.8) is 0 Å². The first-order valence-corrected chi connectivity index (χ1v) is 9.87. The Morgan fingerprint density at radius 1 is 1.00 bits per heavy atom. The van der Waals surface area contributed by atoms with Crippen LogP contribution in [0, 0.1) is 5.92 Å². The van der Waals surface area contributed by atoms with Gasteiger partial charge in [-0.15, -0.1) is 0 Å². The van der Waals surface area contributed by atoms with Gasteiger partial charge in [0.15, 0.2) is 11.5 Å². The van der Waals surface area contributed by atoms with Gasteiger partial charge in [-0.1, -0.05) is 30.3 Å². The Balaban J connectivity index is 1.19. The Bertz CT molecular complexity index is 849. The number of ether oxygens (including phenoxy) is 3. The van der Waals surface area contributed by atoms with Crippen LogP contribution in [0.3, 0.4) is 0 Å². The smallest absolute Gasteiger partial charge is 0.415 e. The molecule has 1 N–H and O–H groups in total. The standard InChI is InChI=1S/C22H24N2O5/c25-21(20-15-27-18-8-4-5-9-19(18)29-20)23-14-16-10-12-24(13-11-16)22(26)28-17-6-2-1-3-7-17/h1-9,16,20H,10-15H2,(H,23,25). The lowest BCUT2D eigenvalue weighted by molar-refractivity contribution is -0.130. The summed E-state index contributed by atoms with van der Waals surface area (Å²) in [4.78, 5) is 26.4. The molecule has 2 amide bonds. The molecule has 1 unspecified atom stereocenters. The van der Waals surface area contributed by atoms with Crippen molar-refractivity contribution in [3.8, 4) is 17.2 Å². The lowest BCUT2D eigenvalue weighted by Gasteiger charge is -2.32. The number of carbonyl (C=O) groups is 2. The highest BCUT2D eigenvalue weighted by molar-refractivity contribution is 5.81. The molecule has 2 aromatic rings. The van der Waals surface area contributed by atoms with Gasteiger partial charge in [0.1, 0.15) is 12.4 Å². The number of benzene rings is 2. The number of carbonyl (C=O) groups excluding carboxylic acids is 2. The van der Waals surface area contributed by atoms with Crippen LogP contribution in [0.5, 0.6) is 17.2 Å². The molecule has 152 valence electrons. The molecule has 0 bridgehead atoms. The summed E-state index contributed by atoms with van der Waals surface area (Å²) in [6, 6.07) is 16.4. The molecule has 2 aliphatic heterocycles. The van der Waals surface area contributed by atoms with Gasteiger partial charge in [0.2, 0.25) is 6.10 Å². The fourth-order valence-corrected chi connectivity index (χ4v) is 3.48. The molecule has 1 atom stereocenters. The van der Waals surface area contributed by atoms with Gasteiger partial charge in [-0.3, -0.25) is 4.79 Å². The minimum atomic E-state index is -0.647. The first kappa shape index (κ1) is 19.1. The van der Waals surface area contributed by atoms with Gasteiger partial charge in [0.05, 0.1) is 0 Å². The SMILES string of the molecule is O=C(NCC1CCN(C(=O)Oc2ccccc2)CC1)C1COc2ccccc2O1. The van der Waals surface area contributed by atoms with E-state index in [1.54, 1.807) is 23.1 Å². The molecule has 0 aromatic heterocycles. The molecular weight excluding hydrogens is 372 g/mol. The lowest BCUT2D eigenvalue weighted by Crippen LogP contribution is -2.47. The van der Waals surface area contributed by atoms with Crippen molar-refractivity contribution >= 4 is 12.0 Å². The number of nitrogens with one attached hydrogen (secondary N) is 1. The largest absolute Gasteiger partial charge is 0.485 e. The van der Waals surface area contributed by atoms with Crippen LogP contribution in [0.25, 0.3) is 0 Å². The van der Waals surface area contributed by atoms with Crippen LogP contribution in [0.15, 0.2) is 54.6 Å². The number of amides is 2. The minimum Gasteiger partial charge on any atom is -0.485 e. The Kier molecular flexibility index (Phi) is 5.84. The van der Waals surface area contributed by atoms with Crippen molar-refractivity contribution in [1.82, 2.24) is 10.2 Å². The molecule has 2 heterocycles. The monoisotopic (exact) mass is 396 g/mol. The fraction of sp³-hybridized carbons (Fsp3) is 0.364. The second-order valence-electron chi connectivity index (χ2n) is 7.22. The summed E-state index contributed by atoms with van der Waals surface area (Å²) in [5.74, 6) is 1.93. The molecule has 0 spiro atoms. The summed E-state index contributed by atoms with van der Waals surface area (Å²) in [6.07, 6.45) is 0.653. The second kappa shape index (κ2) is 8.86. The quantitative estimate of drug-likeness (QED) is 0.860. The average Bonchev–Trinajstić information content (AvgIpc) is 2.78. The molecule has 7 nitrogen and oxygen atoms in total. The van der Waals surface area contributed by atoms with E-state index in [2.05, 4.69) is 5.32 Å². The van der Waals surface area contributed by atoms with Gasteiger partial charge in [0.25, 0.3) is 5.91 Å². The maximum absolute atomic E-state index is 12.4. The van der Waals surface area contributed by atoms with Crippen molar-refractivity contribution in [2.24, 2.45) is 5.92 Å². The molecule has 1 fully saturated rings. The van der Waals surface area contributed by atoms with Crippen molar-refractivity contribution in [3.05, 3.63) is 54.6 Å². The van der Waals surface area contributed by atoms with Crippen LogP contribution in [-0.2, 0) is 4.79 Å². The van der Waals surface area contributed by atoms with E-state index in [0.29, 0.717) is 42.8 Å². The number of piperidine rings is 1. The number of hydrogen-bond donors (Lipinski definition) is 1. The third-order valence-corrected chi connectivity index (χ3v) is 5.19. The zero-order chi connectivity index (χ0) is 20.1. The molecule has 0 saturated carbocycles. The highest BCUT2D eigenvalue weighted by Gasteiger charge is 2.29. The predicted octanol–water partition coefficient (Wildman–Crippen LogP) is 2.85. The van der Waals surface area contributed by atoms with Crippen molar-refractivity contribution < 1.29 is 23.8 Å². The van der Waals surface area contributed by atoms with Crippen LogP contribution in [0.2, 0.25) is 0 Å². The van der Waals surface area contributed by atoms with Crippen LogP contribution in [0.1, 0.15) is 12.8 Å². The summed E-state index contributed by atoms with van der Waals surface area (Å²) in [5.41, 5.74) is 0. The zero-order valence-corrected chi connectivity index (χ0v) is 16.1. The second-order valence-corrected chi connectivity index (χ2v) is 7.22. The Morgan fingerprint density at radius 3 is 2.45 bits per heavy atom. The highest BCUT2D eigenvalue weighted by atomic mass is 16.6. The van der Waals surface area contributed by atoms with Gasteiger partial charge in [-0.05, 0) is 43.0 Å². The van der Waals surface area contributed by atoms with Gasteiger partial charge in [-0.25, -0.2) is 4.79 Å². The highest BCUT2D eigenvalue weighted by Crippen LogP contribution is 2.30. The Hall–Kier alpha value is -3.22. The maximum atomic E-state index is 12.4. The molecule has 7 heteroatoms. The van der Waals surface area contributed by atoms with Crippen LogP contribution < -0.4 is 19.5 Å². The summed E-state index contributed by atoms with van der Waals surface area (Å²) in [5, 5.41) is 2.96. The summed E-state index contributed by atoms with van der Waals surface area (Å²) in [6.45, 7) is 1.99. The third-order valence-electron chi connectivity index (χ3n) is 5.19. The van der Waals surface area contributed by atoms with Crippen molar-refractivity contribution in [2.75, 3.05) is 26.2 Å². The first-order valence-electron chi connectivity index (χ1n) is 9.87. The van der Waals surface area contributed by atoms with Crippen molar-refractivity contribution in [2.45, 2.75) is 18.9 Å². The summed E-state index contributed by atoms with van der Waals surface area (Å²) < 4.78 is 16.7. The van der Waals surface area contributed by atoms with Gasteiger partial charge < -0.3 is 24.4 Å². The molecule has 29 heavy (non-hydrogen) atoms. The zero-order valence-electron chi connectivity index (χ0n) is 16.1. The number of fused-ring (bicyclic) bond motifs is 1. The fourth-order valence-electron chi connectivity index (χ4n) is 3.48.